The van der Waals surface area contributed by atoms with E-state index in [0.717, 1.165) is 64.4 Å². The highest BCUT2D eigenvalue weighted by atomic mass is 16.5. The Morgan fingerprint density at radius 1 is 1.04 bits per heavy atom. The van der Waals surface area contributed by atoms with Crippen LogP contribution in [0.3, 0.4) is 0 Å². The minimum atomic E-state index is -0.127. The fourth-order valence-electron chi connectivity index (χ4n) is 4.90. The van der Waals surface area contributed by atoms with E-state index in [4.69, 9.17) is 9.47 Å². The Kier molecular flexibility index (Phi) is 4.65. The van der Waals surface area contributed by atoms with Crippen LogP contribution in [0.25, 0.3) is 0 Å². The lowest BCUT2D eigenvalue weighted by Gasteiger charge is -2.45. The first kappa shape index (κ1) is 17.8. The number of rotatable bonds is 2. The zero-order valence-corrected chi connectivity index (χ0v) is 16.2. The average Bonchev–Trinajstić information content (AvgIpc) is 2.74. The normalized spacial score (nSPS) is 23.9. The Hall–Kier alpha value is -2.24. The molecule has 0 radical (unpaired) electrons. The second-order valence-electron chi connectivity index (χ2n) is 8.21. The molecule has 0 amide bonds. The molecule has 0 aromatic heterocycles. The lowest BCUT2D eigenvalue weighted by Crippen LogP contribution is -2.49. The van der Waals surface area contributed by atoms with Crippen LogP contribution in [0.5, 0.6) is 11.5 Å². The number of nitrogens with one attached hydrogen (secondary N) is 1. The fraction of sp³-hybridized carbons (Fsp3) is 0.478. The van der Waals surface area contributed by atoms with Crippen molar-refractivity contribution in [2.24, 2.45) is 0 Å². The van der Waals surface area contributed by atoms with E-state index in [2.05, 4.69) is 34.5 Å². The van der Waals surface area contributed by atoms with Crippen molar-refractivity contribution in [1.29, 1.82) is 0 Å². The molecule has 2 aromatic carbocycles. The number of fused-ring (bicyclic) bond motifs is 1. The van der Waals surface area contributed by atoms with Crippen molar-refractivity contribution < 1.29 is 14.6 Å². The molecule has 2 N–H and O–H groups in total. The number of morpholine rings is 1. The number of benzene rings is 2. The number of nitrogens with zero attached hydrogens (tertiary/aromatic N) is 1. The van der Waals surface area contributed by atoms with E-state index in [9.17, 15) is 5.11 Å². The molecule has 1 spiro atoms. The predicted octanol–water partition coefficient (Wildman–Crippen LogP) is 3.27. The summed E-state index contributed by atoms with van der Waals surface area (Å²) in [5.41, 5.74) is 3.48. The van der Waals surface area contributed by atoms with Gasteiger partial charge < -0.3 is 24.8 Å². The number of ether oxygens (including phenoxy) is 2. The zero-order chi connectivity index (χ0) is 19.0. The van der Waals surface area contributed by atoms with Gasteiger partial charge in [0.1, 0.15) is 17.1 Å². The average molecular weight is 380 g/mol. The standard InChI is InChI=1S/C23H28N2O3/c26-19-3-1-2-17(14-19)21-16-23(6-8-24-9-7-23)28-22-15-18(4-5-20(21)22)25-10-12-27-13-11-25/h1-5,14-15,21,24,26H,6-13,16H2. The summed E-state index contributed by atoms with van der Waals surface area (Å²) < 4.78 is 12.2. The van der Waals surface area contributed by atoms with Crippen LogP contribution in [0.15, 0.2) is 42.5 Å². The summed E-state index contributed by atoms with van der Waals surface area (Å²) in [5.74, 6) is 1.58. The smallest absolute Gasteiger partial charge is 0.126 e. The highest BCUT2D eigenvalue weighted by molar-refractivity contribution is 5.57. The lowest BCUT2D eigenvalue weighted by molar-refractivity contribution is 0.0114. The molecule has 28 heavy (non-hydrogen) atoms. The Bertz CT molecular complexity index is 841. The number of phenols is 1. The van der Waals surface area contributed by atoms with E-state index >= 15 is 0 Å². The highest BCUT2D eigenvalue weighted by Crippen LogP contribution is 2.48. The van der Waals surface area contributed by atoms with Gasteiger partial charge >= 0.3 is 0 Å². The molecule has 5 rings (SSSR count). The highest BCUT2D eigenvalue weighted by Gasteiger charge is 2.42. The Morgan fingerprint density at radius 3 is 2.64 bits per heavy atom. The summed E-state index contributed by atoms with van der Waals surface area (Å²) in [7, 11) is 0. The lowest BCUT2D eigenvalue weighted by atomic mass is 9.75. The Labute approximate surface area is 166 Å². The first-order valence-corrected chi connectivity index (χ1v) is 10.4. The molecule has 1 atom stereocenters. The van der Waals surface area contributed by atoms with Crippen molar-refractivity contribution in [3.8, 4) is 11.5 Å². The Balaban J connectivity index is 1.55. The van der Waals surface area contributed by atoms with Gasteiger partial charge in [0.05, 0.1) is 13.2 Å². The second kappa shape index (κ2) is 7.30. The number of aromatic hydroxyl groups is 1. The molecule has 2 saturated heterocycles. The van der Waals surface area contributed by atoms with Gasteiger partial charge in [0.2, 0.25) is 0 Å². The van der Waals surface area contributed by atoms with Gasteiger partial charge in [-0.1, -0.05) is 18.2 Å². The van der Waals surface area contributed by atoms with Crippen LogP contribution in [0.4, 0.5) is 5.69 Å². The van der Waals surface area contributed by atoms with Crippen LogP contribution < -0.4 is 15.0 Å². The minimum absolute atomic E-state index is 0.127. The predicted molar refractivity (Wildman–Crippen MR) is 110 cm³/mol. The zero-order valence-electron chi connectivity index (χ0n) is 16.2. The molecule has 5 nitrogen and oxygen atoms in total. The number of hydrogen-bond acceptors (Lipinski definition) is 5. The number of piperidine rings is 1. The van der Waals surface area contributed by atoms with Crippen molar-refractivity contribution in [2.75, 3.05) is 44.3 Å². The molecule has 1 unspecified atom stereocenters. The maximum absolute atomic E-state index is 10.0. The maximum atomic E-state index is 10.0. The van der Waals surface area contributed by atoms with Crippen molar-refractivity contribution in [3.05, 3.63) is 53.6 Å². The summed E-state index contributed by atoms with van der Waals surface area (Å²) in [5, 5.41) is 13.5. The summed E-state index contributed by atoms with van der Waals surface area (Å²) in [6.07, 6.45) is 3.00. The summed E-state index contributed by atoms with van der Waals surface area (Å²) in [6.45, 7) is 5.38. The third kappa shape index (κ3) is 3.33. The van der Waals surface area contributed by atoms with Gasteiger partial charge in [0, 0.05) is 36.3 Å². The van der Waals surface area contributed by atoms with Gasteiger partial charge in [0.25, 0.3) is 0 Å². The largest absolute Gasteiger partial charge is 0.508 e. The van der Waals surface area contributed by atoms with Gasteiger partial charge in [-0.05, 0) is 56.1 Å². The maximum Gasteiger partial charge on any atom is 0.126 e. The number of anilines is 1. The van der Waals surface area contributed by atoms with Crippen molar-refractivity contribution in [1.82, 2.24) is 5.32 Å². The fourth-order valence-corrected chi connectivity index (χ4v) is 4.90. The quantitative estimate of drug-likeness (QED) is 0.838. The SMILES string of the molecule is Oc1cccc(C2CC3(CCNCC3)Oc3cc(N4CCOCC4)ccc32)c1. The monoisotopic (exact) mass is 380 g/mol. The van der Waals surface area contributed by atoms with Crippen LogP contribution in [0.1, 0.15) is 36.3 Å². The number of phenolic OH excluding ortho intramolecular Hbond substituents is 1. The molecule has 3 aliphatic rings. The molecule has 0 bridgehead atoms. The summed E-state index contributed by atoms with van der Waals surface area (Å²) >= 11 is 0. The summed E-state index contributed by atoms with van der Waals surface area (Å²) in [6, 6.07) is 14.4. The molecule has 148 valence electrons. The van der Waals surface area contributed by atoms with Crippen molar-refractivity contribution >= 4 is 5.69 Å². The van der Waals surface area contributed by atoms with E-state index in [1.54, 1.807) is 6.07 Å². The second-order valence-corrected chi connectivity index (χ2v) is 8.21. The third-order valence-electron chi connectivity index (χ3n) is 6.44. The van der Waals surface area contributed by atoms with Crippen LogP contribution >= 0.6 is 0 Å². The first-order chi connectivity index (χ1) is 13.7. The molecule has 3 heterocycles. The third-order valence-corrected chi connectivity index (χ3v) is 6.44. The summed E-state index contributed by atoms with van der Waals surface area (Å²) in [4.78, 5) is 2.38. The molecular formula is C23H28N2O3. The van der Waals surface area contributed by atoms with Gasteiger partial charge in [-0.25, -0.2) is 0 Å². The van der Waals surface area contributed by atoms with Crippen LogP contribution in [0, 0.1) is 0 Å². The van der Waals surface area contributed by atoms with E-state index in [-0.39, 0.29) is 11.5 Å². The molecule has 2 fully saturated rings. The molecule has 0 aliphatic carbocycles. The van der Waals surface area contributed by atoms with Crippen LogP contribution in [-0.4, -0.2) is 50.1 Å². The first-order valence-electron chi connectivity index (χ1n) is 10.4. The van der Waals surface area contributed by atoms with E-state index in [0.29, 0.717) is 5.75 Å². The van der Waals surface area contributed by atoms with E-state index in [1.807, 2.05) is 12.1 Å². The topological polar surface area (TPSA) is 54.0 Å². The Morgan fingerprint density at radius 2 is 1.86 bits per heavy atom. The number of hydrogen-bond donors (Lipinski definition) is 2. The molecular weight excluding hydrogens is 352 g/mol. The van der Waals surface area contributed by atoms with Gasteiger partial charge in [-0.2, -0.15) is 0 Å². The minimum Gasteiger partial charge on any atom is -0.508 e. The van der Waals surface area contributed by atoms with E-state index in [1.165, 1.54) is 16.8 Å². The van der Waals surface area contributed by atoms with Gasteiger partial charge in [-0.3, -0.25) is 0 Å². The van der Waals surface area contributed by atoms with Crippen LogP contribution in [-0.2, 0) is 4.74 Å². The molecule has 0 saturated carbocycles. The van der Waals surface area contributed by atoms with Crippen molar-refractivity contribution in [3.63, 3.8) is 0 Å². The molecule has 3 aliphatic heterocycles. The molecule has 5 heteroatoms. The van der Waals surface area contributed by atoms with Gasteiger partial charge in [0.15, 0.2) is 0 Å². The van der Waals surface area contributed by atoms with Gasteiger partial charge in [-0.15, -0.1) is 0 Å². The molecule has 2 aromatic rings. The van der Waals surface area contributed by atoms with Crippen LogP contribution in [0.2, 0.25) is 0 Å². The van der Waals surface area contributed by atoms with Crippen molar-refractivity contribution in [2.45, 2.75) is 30.8 Å². The van der Waals surface area contributed by atoms with E-state index < -0.39 is 0 Å².